The Morgan fingerprint density at radius 3 is 1.95 bits per heavy atom. The molecule has 0 heterocycles. The topological polar surface area (TPSA) is 91.7 Å². The maximum absolute atomic E-state index is 12.2. The molecule has 2 atom stereocenters. The summed E-state index contributed by atoms with van der Waals surface area (Å²) in [5, 5.41) is 19.0. The van der Waals surface area contributed by atoms with E-state index >= 15 is 0 Å². The summed E-state index contributed by atoms with van der Waals surface area (Å²) in [6, 6.07) is 0. The van der Waals surface area contributed by atoms with E-state index in [1.54, 1.807) is 27.7 Å². The van der Waals surface area contributed by atoms with Gasteiger partial charge in [0.1, 0.15) is 0 Å². The Labute approximate surface area is 118 Å². The van der Waals surface area contributed by atoms with E-state index in [0.29, 0.717) is 5.57 Å². The Kier molecular flexibility index (Phi) is 3.94. The molecule has 0 bridgehead atoms. The van der Waals surface area contributed by atoms with Crippen molar-refractivity contribution in [1.82, 2.24) is 0 Å². The average Bonchev–Trinajstić information content (AvgIpc) is 2.25. The third kappa shape index (κ3) is 2.17. The number of hydrogen-bond donors (Lipinski definition) is 2. The van der Waals surface area contributed by atoms with Crippen LogP contribution < -0.4 is 0 Å². The predicted molar refractivity (Wildman–Crippen MR) is 73.2 cm³/mol. The van der Waals surface area contributed by atoms with Crippen LogP contribution in [0.5, 0.6) is 0 Å². The molecule has 20 heavy (non-hydrogen) atoms. The van der Waals surface area contributed by atoms with Crippen molar-refractivity contribution in [2.24, 2.45) is 16.7 Å². The minimum Gasteiger partial charge on any atom is -0.480 e. The lowest BCUT2D eigenvalue weighted by Crippen LogP contribution is -2.53. The van der Waals surface area contributed by atoms with E-state index in [1.165, 1.54) is 19.1 Å². The van der Waals surface area contributed by atoms with Crippen molar-refractivity contribution in [2.75, 3.05) is 0 Å². The van der Waals surface area contributed by atoms with Crippen LogP contribution in [0.1, 0.15) is 34.6 Å². The summed E-state index contributed by atoms with van der Waals surface area (Å²) in [7, 11) is 0. The van der Waals surface area contributed by atoms with E-state index < -0.39 is 34.5 Å². The second-order valence-electron chi connectivity index (χ2n) is 6.25. The molecule has 1 rings (SSSR count). The lowest BCUT2D eigenvalue weighted by Gasteiger charge is -2.45. The molecule has 1 aliphatic carbocycles. The van der Waals surface area contributed by atoms with Crippen molar-refractivity contribution in [2.45, 2.75) is 34.6 Å². The van der Waals surface area contributed by atoms with Gasteiger partial charge in [-0.1, -0.05) is 32.9 Å². The van der Waals surface area contributed by atoms with Crippen LogP contribution in [0.15, 0.2) is 23.3 Å². The van der Waals surface area contributed by atoms with Crippen molar-refractivity contribution in [3.8, 4) is 0 Å². The van der Waals surface area contributed by atoms with E-state index in [1.807, 2.05) is 0 Å². The molecule has 0 aromatic rings. The molecule has 2 unspecified atom stereocenters. The molecule has 5 heteroatoms. The summed E-state index contributed by atoms with van der Waals surface area (Å²) in [4.78, 5) is 35.5. The maximum Gasteiger partial charge on any atom is 0.331 e. The number of allylic oxidation sites excluding steroid dienone is 2. The molecular formula is C15H20O5. The van der Waals surface area contributed by atoms with Crippen molar-refractivity contribution >= 4 is 17.7 Å². The summed E-state index contributed by atoms with van der Waals surface area (Å²) in [6.45, 7) is 7.99. The number of Topliss-reactive ketones (excluding diaryl/α,β-unsaturated/α-hetero) is 1. The van der Waals surface area contributed by atoms with Crippen molar-refractivity contribution < 1.29 is 24.6 Å². The fourth-order valence-corrected chi connectivity index (χ4v) is 3.14. The number of carboxylic acids is 2. The molecular weight excluding hydrogens is 260 g/mol. The Morgan fingerprint density at radius 1 is 1.15 bits per heavy atom. The van der Waals surface area contributed by atoms with Crippen molar-refractivity contribution in [3.63, 3.8) is 0 Å². The van der Waals surface area contributed by atoms with Gasteiger partial charge in [0.15, 0.2) is 11.2 Å². The predicted octanol–water partition coefficient (Wildman–Crippen LogP) is 2.28. The van der Waals surface area contributed by atoms with Crippen molar-refractivity contribution in [3.05, 3.63) is 23.3 Å². The SMILES string of the molecule is CC(=O)C1(C(=O)O)C(C)=CC=C(C(=O)O)C1C(C)(C)C. The van der Waals surface area contributed by atoms with E-state index in [4.69, 9.17) is 0 Å². The van der Waals surface area contributed by atoms with Gasteiger partial charge in [0, 0.05) is 11.5 Å². The normalized spacial score (nSPS) is 26.6. The number of carboxylic acid groups (broad SMARTS) is 2. The molecule has 5 nitrogen and oxygen atoms in total. The standard InChI is InChI=1S/C15H20O5/c1-8-6-7-10(12(17)18)11(14(3,4)5)15(8,9(2)16)13(19)20/h6-7,11H,1-5H3,(H,17,18)(H,19,20). The Morgan fingerprint density at radius 2 is 1.65 bits per heavy atom. The third-order valence-electron chi connectivity index (χ3n) is 3.88. The lowest BCUT2D eigenvalue weighted by molar-refractivity contribution is -0.157. The van der Waals surface area contributed by atoms with Crippen LogP contribution in [0.2, 0.25) is 0 Å². The summed E-state index contributed by atoms with van der Waals surface area (Å²) >= 11 is 0. The van der Waals surface area contributed by atoms with Crippen LogP contribution >= 0.6 is 0 Å². The number of carbonyl (C=O) groups excluding carboxylic acids is 1. The maximum atomic E-state index is 12.2. The molecule has 2 N–H and O–H groups in total. The first kappa shape index (κ1) is 16.1. The Hall–Kier alpha value is -1.91. The zero-order valence-corrected chi connectivity index (χ0v) is 12.4. The summed E-state index contributed by atoms with van der Waals surface area (Å²) in [6.07, 6.45) is 2.82. The minimum atomic E-state index is -1.82. The second-order valence-corrected chi connectivity index (χ2v) is 6.25. The highest BCUT2D eigenvalue weighted by atomic mass is 16.4. The van der Waals surface area contributed by atoms with Crippen molar-refractivity contribution in [1.29, 1.82) is 0 Å². The first-order valence-corrected chi connectivity index (χ1v) is 6.34. The van der Waals surface area contributed by atoms with Gasteiger partial charge in [0.05, 0.1) is 0 Å². The van der Waals surface area contributed by atoms with Gasteiger partial charge in [0.25, 0.3) is 0 Å². The first-order chi connectivity index (χ1) is 8.97. The van der Waals surface area contributed by atoms with Crippen LogP contribution in [-0.2, 0) is 14.4 Å². The molecule has 110 valence electrons. The third-order valence-corrected chi connectivity index (χ3v) is 3.88. The molecule has 0 aliphatic heterocycles. The smallest absolute Gasteiger partial charge is 0.331 e. The fourth-order valence-electron chi connectivity index (χ4n) is 3.14. The van der Waals surface area contributed by atoms with Gasteiger partial charge in [-0.3, -0.25) is 9.59 Å². The second kappa shape index (κ2) is 4.89. The first-order valence-electron chi connectivity index (χ1n) is 6.34. The van der Waals surface area contributed by atoms with Crippen LogP contribution in [0.3, 0.4) is 0 Å². The molecule has 0 saturated heterocycles. The monoisotopic (exact) mass is 280 g/mol. The number of rotatable bonds is 3. The van der Waals surface area contributed by atoms with Crippen LogP contribution in [0.4, 0.5) is 0 Å². The molecule has 0 saturated carbocycles. The largest absolute Gasteiger partial charge is 0.480 e. The summed E-state index contributed by atoms with van der Waals surface area (Å²) in [5.74, 6) is -3.97. The number of aliphatic carboxylic acids is 2. The van der Waals surface area contributed by atoms with Gasteiger partial charge < -0.3 is 10.2 Å². The number of ketones is 1. The highest BCUT2D eigenvalue weighted by molar-refractivity contribution is 6.08. The molecule has 0 aromatic heterocycles. The highest BCUT2D eigenvalue weighted by Gasteiger charge is 2.58. The van der Waals surface area contributed by atoms with Gasteiger partial charge >= 0.3 is 11.9 Å². The summed E-state index contributed by atoms with van der Waals surface area (Å²) < 4.78 is 0. The van der Waals surface area contributed by atoms with E-state index in [9.17, 15) is 24.6 Å². The molecule has 0 aromatic carbocycles. The number of carbonyl (C=O) groups is 3. The molecule has 0 amide bonds. The van der Waals surface area contributed by atoms with E-state index in [-0.39, 0.29) is 5.57 Å². The van der Waals surface area contributed by atoms with Crippen LogP contribution in [0.25, 0.3) is 0 Å². The minimum absolute atomic E-state index is 0.0410. The molecule has 1 aliphatic rings. The van der Waals surface area contributed by atoms with Gasteiger partial charge in [0.2, 0.25) is 0 Å². The van der Waals surface area contributed by atoms with Gasteiger partial charge in [-0.2, -0.15) is 0 Å². The number of hydrogen-bond acceptors (Lipinski definition) is 3. The lowest BCUT2D eigenvalue weighted by atomic mass is 9.55. The van der Waals surface area contributed by atoms with E-state index in [0.717, 1.165) is 0 Å². The van der Waals surface area contributed by atoms with Gasteiger partial charge in [-0.25, -0.2) is 4.79 Å². The Balaban J connectivity index is 3.75. The zero-order chi connectivity index (χ0) is 15.9. The van der Waals surface area contributed by atoms with Gasteiger partial charge in [-0.15, -0.1) is 0 Å². The molecule has 0 radical (unpaired) electrons. The molecule has 0 spiro atoms. The molecule has 0 fully saturated rings. The zero-order valence-electron chi connectivity index (χ0n) is 12.4. The quantitative estimate of drug-likeness (QED) is 0.774. The fraction of sp³-hybridized carbons (Fsp3) is 0.533. The highest BCUT2D eigenvalue weighted by Crippen LogP contribution is 2.52. The summed E-state index contributed by atoms with van der Waals surface area (Å²) in [5.41, 5.74) is -2.19. The Bertz CT molecular complexity index is 517. The van der Waals surface area contributed by atoms with Gasteiger partial charge in [-0.05, 0) is 24.8 Å². The van der Waals surface area contributed by atoms with Crippen LogP contribution in [-0.4, -0.2) is 27.9 Å². The van der Waals surface area contributed by atoms with Crippen LogP contribution in [0, 0.1) is 16.7 Å². The van der Waals surface area contributed by atoms with E-state index in [2.05, 4.69) is 0 Å². The average molecular weight is 280 g/mol.